The fourth-order valence-corrected chi connectivity index (χ4v) is 1.21. The Kier molecular flexibility index (Phi) is 2.15. The van der Waals surface area contributed by atoms with Gasteiger partial charge in [-0.05, 0) is 6.92 Å². The highest BCUT2D eigenvalue weighted by Gasteiger charge is 2.33. The van der Waals surface area contributed by atoms with Gasteiger partial charge in [-0.1, -0.05) is 0 Å². The molecule has 0 aliphatic rings. The van der Waals surface area contributed by atoms with Gasteiger partial charge in [-0.25, -0.2) is 18.3 Å². The summed E-state index contributed by atoms with van der Waals surface area (Å²) >= 11 is 0. The second-order valence-corrected chi connectivity index (χ2v) is 3.56. The van der Waals surface area contributed by atoms with E-state index in [0.717, 1.165) is 0 Å². The zero-order chi connectivity index (χ0) is 11.1. The first kappa shape index (κ1) is 9.97. The molecule has 2 aromatic heterocycles. The van der Waals surface area contributed by atoms with Crippen LogP contribution in [0, 0.1) is 0 Å². The molecule has 2 N–H and O–H groups in total. The molecule has 15 heavy (non-hydrogen) atoms. The van der Waals surface area contributed by atoms with Crippen LogP contribution in [-0.2, 0) is 5.54 Å². The molecule has 80 valence electrons. The number of hydrogen-bond acceptors (Lipinski definition) is 3. The Morgan fingerprint density at radius 1 is 1.53 bits per heavy atom. The van der Waals surface area contributed by atoms with Crippen LogP contribution in [0.25, 0.3) is 5.65 Å². The van der Waals surface area contributed by atoms with E-state index in [2.05, 4.69) is 10.1 Å². The molecular formula is C9H10F2N4. The Labute approximate surface area is 84.7 Å². The second kappa shape index (κ2) is 3.23. The first-order valence-electron chi connectivity index (χ1n) is 4.38. The molecular weight excluding hydrogens is 202 g/mol. The average molecular weight is 212 g/mol. The number of alkyl halides is 2. The van der Waals surface area contributed by atoms with E-state index in [1.807, 2.05) is 0 Å². The zero-order valence-electron chi connectivity index (χ0n) is 8.06. The highest BCUT2D eigenvalue weighted by molar-refractivity contribution is 5.37. The van der Waals surface area contributed by atoms with Gasteiger partial charge in [0.25, 0.3) is 6.43 Å². The first-order valence-corrected chi connectivity index (χ1v) is 4.38. The van der Waals surface area contributed by atoms with Crippen molar-refractivity contribution in [3.8, 4) is 0 Å². The van der Waals surface area contributed by atoms with Gasteiger partial charge >= 0.3 is 0 Å². The lowest BCUT2D eigenvalue weighted by molar-refractivity contribution is 0.0620. The van der Waals surface area contributed by atoms with Crippen molar-refractivity contribution in [2.45, 2.75) is 18.9 Å². The molecule has 0 aliphatic heterocycles. The maximum Gasteiger partial charge on any atom is 0.260 e. The number of fused-ring (bicyclic) bond motifs is 1. The Bertz CT molecular complexity index is 478. The van der Waals surface area contributed by atoms with Gasteiger partial charge in [0.15, 0.2) is 5.65 Å². The summed E-state index contributed by atoms with van der Waals surface area (Å²) in [7, 11) is 0. The zero-order valence-corrected chi connectivity index (χ0v) is 8.06. The summed E-state index contributed by atoms with van der Waals surface area (Å²) in [4.78, 5) is 3.98. The van der Waals surface area contributed by atoms with Crippen LogP contribution >= 0.6 is 0 Å². The smallest absolute Gasteiger partial charge is 0.260 e. The van der Waals surface area contributed by atoms with Crippen molar-refractivity contribution in [1.82, 2.24) is 14.6 Å². The van der Waals surface area contributed by atoms with Crippen molar-refractivity contribution in [1.29, 1.82) is 0 Å². The average Bonchev–Trinajstić information content (AvgIpc) is 2.63. The van der Waals surface area contributed by atoms with E-state index >= 15 is 0 Å². The van der Waals surface area contributed by atoms with Gasteiger partial charge in [-0.2, -0.15) is 5.10 Å². The first-order chi connectivity index (χ1) is 7.01. The van der Waals surface area contributed by atoms with E-state index in [4.69, 9.17) is 5.73 Å². The lowest BCUT2D eigenvalue weighted by atomic mass is 9.97. The van der Waals surface area contributed by atoms with Crippen molar-refractivity contribution < 1.29 is 8.78 Å². The minimum Gasteiger partial charge on any atom is -0.317 e. The third kappa shape index (κ3) is 1.56. The summed E-state index contributed by atoms with van der Waals surface area (Å²) in [5, 5.41) is 3.91. The van der Waals surface area contributed by atoms with Crippen LogP contribution in [0.5, 0.6) is 0 Å². The van der Waals surface area contributed by atoms with Gasteiger partial charge in [-0.15, -0.1) is 0 Å². The fourth-order valence-electron chi connectivity index (χ4n) is 1.21. The summed E-state index contributed by atoms with van der Waals surface area (Å²) < 4.78 is 26.7. The van der Waals surface area contributed by atoms with E-state index in [-0.39, 0.29) is 5.56 Å². The van der Waals surface area contributed by atoms with Crippen LogP contribution in [0.1, 0.15) is 12.5 Å². The van der Waals surface area contributed by atoms with E-state index in [9.17, 15) is 8.78 Å². The molecule has 0 aliphatic carbocycles. The molecule has 0 radical (unpaired) electrons. The topological polar surface area (TPSA) is 56.2 Å². The molecule has 1 unspecified atom stereocenters. The maximum absolute atomic E-state index is 12.6. The Morgan fingerprint density at radius 3 is 2.93 bits per heavy atom. The van der Waals surface area contributed by atoms with E-state index in [1.54, 1.807) is 12.3 Å². The quantitative estimate of drug-likeness (QED) is 0.812. The van der Waals surface area contributed by atoms with Gasteiger partial charge < -0.3 is 5.73 Å². The van der Waals surface area contributed by atoms with Crippen LogP contribution in [0.2, 0.25) is 0 Å². The van der Waals surface area contributed by atoms with Crippen LogP contribution < -0.4 is 5.73 Å². The largest absolute Gasteiger partial charge is 0.317 e. The summed E-state index contributed by atoms with van der Waals surface area (Å²) in [5.41, 5.74) is 4.67. The molecule has 4 nitrogen and oxygen atoms in total. The highest BCUT2D eigenvalue weighted by Crippen LogP contribution is 2.24. The van der Waals surface area contributed by atoms with E-state index in [0.29, 0.717) is 5.65 Å². The van der Waals surface area contributed by atoms with Crippen molar-refractivity contribution in [2.24, 2.45) is 5.73 Å². The fraction of sp³-hybridized carbons (Fsp3) is 0.333. The Hall–Kier alpha value is -1.56. The second-order valence-electron chi connectivity index (χ2n) is 3.56. The van der Waals surface area contributed by atoms with Gasteiger partial charge in [-0.3, -0.25) is 0 Å². The number of rotatable bonds is 2. The predicted octanol–water partition coefficient (Wildman–Crippen LogP) is 1.17. The lowest BCUT2D eigenvalue weighted by Crippen LogP contribution is -2.40. The van der Waals surface area contributed by atoms with Crippen LogP contribution in [-0.4, -0.2) is 21.0 Å². The lowest BCUT2D eigenvalue weighted by Gasteiger charge is -2.23. The molecule has 0 amide bonds. The molecule has 0 fully saturated rings. The van der Waals surface area contributed by atoms with E-state index < -0.39 is 12.0 Å². The third-order valence-electron chi connectivity index (χ3n) is 2.32. The number of hydrogen-bond donors (Lipinski definition) is 1. The van der Waals surface area contributed by atoms with Crippen molar-refractivity contribution in [3.05, 3.63) is 30.2 Å². The summed E-state index contributed by atoms with van der Waals surface area (Å²) in [6, 6.07) is 1.68. The van der Waals surface area contributed by atoms with Crippen molar-refractivity contribution >= 4 is 5.65 Å². The molecule has 0 aromatic carbocycles. The van der Waals surface area contributed by atoms with Gasteiger partial charge in [0.2, 0.25) is 0 Å². The highest BCUT2D eigenvalue weighted by atomic mass is 19.3. The molecule has 0 saturated carbocycles. The number of nitrogens with zero attached hydrogens (tertiary/aromatic N) is 3. The van der Waals surface area contributed by atoms with Gasteiger partial charge in [0.05, 0.1) is 6.20 Å². The molecule has 2 aromatic rings. The molecule has 0 saturated heterocycles. The Morgan fingerprint density at radius 2 is 2.27 bits per heavy atom. The molecule has 2 heterocycles. The summed E-state index contributed by atoms with van der Waals surface area (Å²) in [5.74, 6) is 0. The normalized spacial score (nSPS) is 15.8. The number of halogens is 2. The molecule has 2 rings (SSSR count). The van der Waals surface area contributed by atoms with Crippen molar-refractivity contribution in [3.63, 3.8) is 0 Å². The standard InChI is InChI=1S/C9H10F2N4/c1-9(12,8(10)11)6-4-13-7-2-3-14-15(7)5-6/h2-5,8H,12H2,1H3. The number of aromatic nitrogens is 3. The minimum atomic E-state index is -2.65. The summed E-state index contributed by atoms with van der Waals surface area (Å²) in [6.07, 6.45) is 1.72. The molecule has 6 heteroatoms. The third-order valence-corrected chi connectivity index (χ3v) is 2.32. The predicted molar refractivity (Wildman–Crippen MR) is 50.5 cm³/mol. The van der Waals surface area contributed by atoms with Crippen molar-refractivity contribution in [2.75, 3.05) is 0 Å². The molecule has 0 spiro atoms. The maximum atomic E-state index is 12.6. The van der Waals surface area contributed by atoms with Gasteiger partial charge in [0, 0.05) is 24.0 Å². The van der Waals surface area contributed by atoms with Crippen LogP contribution in [0.4, 0.5) is 8.78 Å². The molecule has 0 bridgehead atoms. The Balaban J connectivity index is 2.52. The van der Waals surface area contributed by atoms with Gasteiger partial charge in [0.1, 0.15) is 5.54 Å². The SMILES string of the molecule is CC(N)(c1cnc2ccnn2c1)C(F)F. The minimum absolute atomic E-state index is 0.258. The summed E-state index contributed by atoms with van der Waals surface area (Å²) in [6.45, 7) is 1.27. The van der Waals surface area contributed by atoms with Crippen LogP contribution in [0.3, 0.4) is 0 Å². The molecule has 1 atom stereocenters. The monoisotopic (exact) mass is 212 g/mol. The van der Waals surface area contributed by atoms with Crippen LogP contribution in [0.15, 0.2) is 24.7 Å². The number of nitrogens with two attached hydrogens (primary N) is 1. The van der Waals surface area contributed by atoms with E-state index in [1.165, 1.54) is 23.8 Å².